The fourth-order valence-electron chi connectivity index (χ4n) is 2.18. The van der Waals surface area contributed by atoms with Gasteiger partial charge in [-0.25, -0.2) is 13.1 Å². The molecular formula is C17H16N2O3S2. The molecule has 0 aliphatic rings. The van der Waals surface area contributed by atoms with E-state index in [0.29, 0.717) is 5.75 Å². The molecule has 1 aromatic carbocycles. The quantitative estimate of drug-likeness (QED) is 0.732. The molecule has 0 aliphatic heterocycles. The highest BCUT2D eigenvalue weighted by Crippen LogP contribution is 2.21. The number of pyridine rings is 1. The van der Waals surface area contributed by atoms with Gasteiger partial charge in [-0.05, 0) is 41.3 Å². The van der Waals surface area contributed by atoms with E-state index in [9.17, 15) is 8.42 Å². The van der Waals surface area contributed by atoms with Crippen LogP contribution >= 0.6 is 11.3 Å². The predicted octanol–water partition coefficient (Wildman–Crippen LogP) is 3.30. The number of thiophene rings is 1. The fourth-order valence-corrected chi connectivity index (χ4v) is 3.88. The molecule has 0 bridgehead atoms. The van der Waals surface area contributed by atoms with Gasteiger partial charge in [0.25, 0.3) is 0 Å². The second kappa shape index (κ2) is 7.12. The van der Waals surface area contributed by atoms with E-state index in [1.807, 2.05) is 22.9 Å². The van der Waals surface area contributed by atoms with E-state index in [1.54, 1.807) is 35.7 Å². The number of hydrogen-bond acceptors (Lipinski definition) is 5. The molecule has 7 heteroatoms. The SMILES string of the molecule is COc1cccc(S(=O)(=O)NCc2ccnc(-c3ccsc3)c2)c1. The molecule has 2 aromatic heterocycles. The van der Waals surface area contributed by atoms with Gasteiger partial charge in [-0.3, -0.25) is 4.98 Å². The van der Waals surface area contributed by atoms with Gasteiger partial charge in [0.15, 0.2) is 0 Å². The third kappa shape index (κ3) is 3.81. The second-order valence-corrected chi connectivity index (χ2v) is 7.61. The van der Waals surface area contributed by atoms with Crippen LogP contribution in [0.5, 0.6) is 5.75 Å². The zero-order valence-electron chi connectivity index (χ0n) is 13.0. The molecule has 24 heavy (non-hydrogen) atoms. The molecule has 0 saturated carbocycles. The van der Waals surface area contributed by atoms with Crippen molar-refractivity contribution >= 4 is 21.4 Å². The normalized spacial score (nSPS) is 11.4. The van der Waals surface area contributed by atoms with Crippen LogP contribution in [0, 0.1) is 0 Å². The van der Waals surface area contributed by atoms with Crippen molar-refractivity contribution in [1.82, 2.24) is 9.71 Å². The molecule has 124 valence electrons. The van der Waals surface area contributed by atoms with E-state index < -0.39 is 10.0 Å². The van der Waals surface area contributed by atoms with Crippen LogP contribution in [0.15, 0.2) is 64.3 Å². The van der Waals surface area contributed by atoms with E-state index in [2.05, 4.69) is 9.71 Å². The number of methoxy groups -OCH3 is 1. The maximum absolute atomic E-state index is 12.4. The van der Waals surface area contributed by atoms with Crippen molar-refractivity contribution in [2.45, 2.75) is 11.4 Å². The van der Waals surface area contributed by atoms with Crippen LogP contribution in [0.2, 0.25) is 0 Å². The smallest absolute Gasteiger partial charge is 0.241 e. The molecule has 3 aromatic rings. The van der Waals surface area contributed by atoms with Crippen molar-refractivity contribution in [1.29, 1.82) is 0 Å². The van der Waals surface area contributed by atoms with Crippen molar-refractivity contribution in [2.75, 3.05) is 7.11 Å². The van der Waals surface area contributed by atoms with Crippen LogP contribution in [-0.4, -0.2) is 20.5 Å². The Morgan fingerprint density at radius 1 is 1.21 bits per heavy atom. The Labute approximate surface area is 145 Å². The van der Waals surface area contributed by atoms with Gasteiger partial charge in [-0.15, -0.1) is 0 Å². The van der Waals surface area contributed by atoms with Crippen molar-refractivity contribution in [2.24, 2.45) is 0 Å². The standard InChI is InChI=1S/C17H16N2O3S2/c1-22-15-3-2-4-16(10-15)24(20,21)19-11-13-5-7-18-17(9-13)14-6-8-23-12-14/h2-10,12,19H,11H2,1H3. The number of benzene rings is 1. The average molecular weight is 360 g/mol. The highest BCUT2D eigenvalue weighted by atomic mass is 32.2. The summed E-state index contributed by atoms with van der Waals surface area (Å²) in [5.74, 6) is 0.501. The first-order valence-electron chi connectivity index (χ1n) is 7.20. The molecule has 0 fully saturated rings. The third-order valence-electron chi connectivity index (χ3n) is 3.46. The number of hydrogen-bond donors (Lipinski definition) is 1. The summed E-state index contributed by atoms with van der Waals surface area (Å²) in [6.07, 6.45) is 1.68. The first-order valence-corrected chi connectivity index (χ1v) is 9.62. The molecule has 0 spiro atoms. The molecule has 1 N–H and O–H groups in total. The molecular weight excluding hydrogens is 344 g/mol. The minimum absolute atomic E-state index is 0.175. The highest BCUT2D eigenvalue weighted by molar-refractivity contribution is 7.89. The summed E-state index contributed by atoms with van der Waals surface area (Å²) >= 11 is 1.60. The maximum atomic E-state index is 12.4. The Morgan fingerprint density at radius 3 is 2.83 bits per heavy atom. The first kappa shape index (κ1) is 16.6. The Morgan fingerprint density at radius 2 is 2.08 bits per heavy atom. The molecule has 0 unspecified atom stereocenters. The summed E-state index contributed by atoms with van der Waals surface area (Å²) in [5.41, 5.74) is 2.70. The Bertz CT molecular complexity index is 923. The van der Waals surface area contributed by atoms with Gasteiger partial charge < -0.3 is 4.74 Å². The van der Waals surface area contributed by atoms with Crippen LogP contribution in [0.1, 0.15) is 5.56 Å². The number of nitrogens with one attached hydrogen (secondary N) is 1. The fraction of sp³-hybridized carbons (Fsp3) is 0.118. The molecule has 0 amide bonds. The van der Waals surface area contributed by atoms with E-state index in [-0.39, 0.29) is 11.4 Å². The van der Waals surface area contributed by atoms with Crippen LogP contribution in [0.25, 0.3) is 11.3 Å². The van der Waals surface area contributed by atoms with Crippen molar-refractivity contribution < 1.29 is 13.2 Å². The lowest BCUT2D eigenvalue weighted by molar-refractivity contribution is 0.413. The van der Waals surface area contributed by atoms with E-state index in [1.165, 1.54) is 19.2 Å². The van der Waals surface area contributed by atoms with E-state index in [0.717, 1.165) is 16.8 Å². The topological polar surface area (TPSA) is 68.3 Å². The van der Waals surface area contributed by atoms with Crippen LogP contribution in [0.4, 0.5) is 0 Å². The van der Waals surface area contributed by atoms with Crippen molar-refractivity contribution in [3.63, 3.8) is 0 Å². The lowest BCUT2D eigenvalue weighted by Crippen LogP contribution is -2.23. The summed E-state index contributed by atoms with van der Waals surface area (Å²) in [6.45, 7) is 0.194. The average Bonchev–Trinajstić information content (AvgIpc) is 3.15. The highest BCUT2D eigenvalue weighted by Gasteiger charge is 2.14. The number of sulfonamides is 1. The number of nitrogens with zero attached hydrogens (tertiary/aromatic N) is 1. The molecule has 5 nitrogen and oxygen atoms in total. The van der Waals surface area contributed by atoms with Gasteiger partial charge in [0.1, 0.15) is 5.75 Å². The minimum Gasteiger partial charge on any atom is -0.497 e. The van der Waals surface area contributed by atoms with E-state index >= 15 is 0 Å². The molecule has 0 atom stereocenters. The monoisotopic (exact) mass is 360 g/mol. The van der Waals surface area contributed by atoms with Gasteiger partial charge in [0, 0.05) is 29.8 Å². The zero-order valence-corrected chi connectivity index (χ0v) is 14.6. The van der Waals surface area contributed by atoms with Crippen molar-refractivity contribution in [3.05, 3.63) is 65.0 Å². The maximum Gasteiger partial charge on any atom is 0.241 e. The molecule has 0 saturated heterocycles. The summed E-state index contributed by atoms with van der Waals surface area (Å²) in [5, 5.41) is 3.99. The summed E-state index contributed by atoms with van der Waals surface area (Å²) < 4.78 is 32.5. The van der Waals surface area contributed by atoms with Crippen LogP contribution in [0.3, 0.4) is 0 Å². The van der Waals surface area contributed by atoms with Gasteiger partial charge in [0.2, 0.25) is 10.0 Å². The lowest BCUT2D eigenvalue weighted by atomic mass is 10.1. The Balaban J connectivity index is 1.76. The van der Waals surface area contributed by atoms with Gasteiger partial charge in [-0.1, -0.05) is 6.07 Å². The molecule has 0 aliphatic carbocycles. The Kier molecular flexibility index (Phi) is 4.94. The molecule has 2 heterocycles. The molecule has 3 rings (SSSR count). The Hall–Kier alpha value is -2.22. The number of rotatable bonds is 6. The zero-order chi connectivity index (χ0) is 17.0. The number of aromatic nitrogens is 1. The lowest BCUT2D eigenvalue weighted by Gasteiger charge is -2.09. The van der Waals surface area contributed by atoms with E-state index in [4.69, 9.17) is 4.74 Å². The second-order valence-electron chi connectivity index (χ2n) is 5.06. The largest absolute Gasteiger partial charge is 0.497 e. The van der Waals surface area contributed by atoms with Crippen LogP contribution in [-0.2, 0) is 16.6 Å². The summed E-state index contributed by atoms with van der Waals surface area (Å²) in [6, 6.07) is 12.0. The van der Waals surface area contributed by atoms with Gasteiger partial charge in [-0.2, -0.15) is 11.3 Å². The van der Waals surface area contributed by atoms with Crippen LogP contribution < -0.4 is 9.46 Å². The third-order valence-corrected chi connectivity index (χ3v) is 5.54. The molecule has 0 radical (unpaired) electrons. The predicted molar refractivity (Wildman–Crippen MR) is 94.6 cm³/mol. The van der Waals surface area contributed by atoms with Gasteiger partial charge >= 0.3 is 0 Å². The summed E-state index contributed by atoms with van der Waals surface area (Å²) in [7, 11) is -2.10. The first-order chi connectivity index (χ1) is 11.6. The van der Waals surface area contributed by atoms with Crippen molar-refractivity contribution in [3.8, 4) is 17.0 Å². The van der Waals surface area contributed by atoms with Gasteiger partial charge in [0.05, 0.1) is 17.7 Å². The number of ether oxygens (including phenoxy) is 1. The minimum atomic E-state index is -3.61. The summed E-state index contributed by atoms with van der Waals surface area (Å²) in [4.78, 5) is 4.50.